The summed E-state index contributed by atoms with van der Waals surface area (Å²) in [6, 6.07) is 5.48. The summed E-state index contributed by atoms with van der Waals surface area (Å²) in [4.78, 5) is 25.9. The summed E-state index contributed by atoms with van der Waals surface area (Å²) >= 11 is 7.69. The van der Waals surface area contributed by atoms with E-state index < -0.39 is 17.5 Å². The number of nitrogens with zero attached hydrogens (tertiary/aromatic N) is 1. The van der Waals surface area contributed by atoms with E-state index in [0.29, 0.717) is 14.8 Å². The second kappa shape index (κ2) is 7.65. The third-order valence-corrected chi connectivity index (χ3v) is 5.86. The van der Waals surface area contributed by atoms with Gasteiger partial charge in [0.1, 0.15) is 4.32 Å². The van der Waals surface area contributed by atoms with Crippen molar-refractivity contribution in [3.8, 4) is 11.1 Å². The Morgan fingerprint density at radius 2 is 2.00 bits per heavy atom. The molecule has 1 fully saturated rings. The molecule has 4 nitrogen and oxygen atoms in total. The molecule has 0 radical (unpaired) electrons. The SMILES string of the molecule is NC(=O)CCN1C(=O)C(=Cc2cc(-c3ccc(F)c(F)c3)cs2)SC1=S. The van der Waals surface area contributed by atoms with E-state index in [1.54, 1.807) is 17.5 Å². The van der Waals surface area contributed by atoms with Gasteiger partial charge < -0.3 is 5.73 Å². The molecule has 0 atom stereocenters. The molecule has 1 aromatic carbocycles. The molecule has 0 unspecified atom stereocenters. The highest BCUT2D eigenvalue weighted by Crippen LogP contribution is 2.35. The van der Waals surface area contributed by atoms with Crippen LogP contribution in [-0.2, 0) is 9.59 Å². The first-order valence-corrected chi connectivity index (χ1v) is 9.53. The van der Waals surface area contributed by atoms with Gasteiger partial charge in [0.2, 0.25) is 5.91 Å². The Kier molecular flexibility index (Phi) is 5.49. The molecule has 2 aromatic rings. The Labute approximate surface area is 161 Å². The summed E-state index contributed by atoms with van der Waals surface area (Å²) in [7, 11) is 0. The lowest BCUT2D eigenvalue weighted by Crippen LogP contribution is -2.31. The van der Waals surface area contributed by atoms with Gasteiger partial charge in [-0.05, 0) is 40.8 Å². The average molecular weight is 410 g/mol. The molecule has 1 aliphatic rings. The van der Waals surface area contributed by atoms with Crippen LogP contribution in [0.1, 0.15) is 11.3 Å². The Morgan fingerprint density at radius 3 is 2.69 bits per heavy atom. The van der Waals surface area contributed by atoms with Crippen LogP contribution in [0, 0.1) is 11.6 Å². The van der Waals surface area contributed by atoms with Crippen LogP contribution in [-0.4, -0.2) is 27.6 Å². The van der Waals surface area contributed by atoms with Crippen molar-refractivity contribution in [1.29, 1.82) is 0 Å². The molecule has 9 heteroatoms. The van der Waals surface area contributed by atoms with E-state index in [0.717, 1.165) is 34.3 Å². The van der Waals surface area contributed by atoms with Gasteiger partial charge in [0.25, 0.3) is 5.91 Å². The molecule has 0 saturated carbocycles. The van der Waals surface area contributed by atoms with Crippen LogP contribution in [0.3, 0.4) is 0 Å². The number of benzene rings is 1. The number of amides is 2. The lowest BCUT2D eigenvalue weighted by molar-refractivity contribution is -0.123. The topological polar surface area (TPSA) is 63.4 Å². The summed E-state index contributed by atoms with van der Waals surface area (Å²) in [5.41, 5.74) is 6.38. The molecule has 3 rings (SSSR count). The van der Waals surface area contributed by atoms with Gasteiger partial charge >= 0.3 is 0 Å². The first-order chi connectivity index (χ1) is 12.3. The first-order valence-electron chi connectivity index (χ1n) is 7.43. The van der Waals surface area contributed by atoms with Crippen molar-refractivity contribution in [3.05, 3.63) is 51.1 Å². The fourth-order valence-corrected chi connectivity index (χ4v) is 4.52. The molecule has 0 spiro atoms. The van der Waals surface area contributed by atoms with Gasteiger partial charge in [-0.3, -0.25) is 14.5 Å². The summed E-state index contributed by atoms with van der Waals surface area (Å²) in [5.74, 6) is -2.59. The molecular formula is C17H12F2N2O2S3. The van der Waals surface area contributed by atoms with Crippen molar-refractivity contribution >= 4 is 57.5 Å². The van der Waals surface area contributed by atoms with Crippen LogP contribution in [0.25, 0.3) is 17.2 Å². The van der Waals surface area contributed by atoms with Gasteiger partial charge in [-0.1, -0.05) is 30.0 Å². The molecule has 1 aromatic heterocycles. The van der Waals surface area contributed by atoms with E-state index in [4.69, 9.17) is 18.0 Å². The van der Waals surface area contributed by atoms with Crippen LogP contribution in [0.15, 0.2) is 34.6 Å². The number of carbonyl (C=O) groups is 2. The van der Waals surface area contributed by atoms with E-state index in [1.165, 1.54) is 22.3 Å². The van der Waals surface area contributed by atoms with Crippen molar-refractivity contribution in [3.63, 3.8) is 0 Å². The molecule has 0 bridgehead atoms. The number of hydrogen-bond donors (Lipinski definition) is 1. The third-order valence-electron chi connectivity index (χ3n) is 3.60. The smallest absolute Gasteiger partial charge is 0.266 e. The van der Waals surface area contributed by atoms with Crippen molar-refractivity contribution in [2.45, 2.75) is 6.42 Å². The normalized spacial score (nSPS) is 15.9. The van der Waals surface area contributed by atoms with Gasteiger partial charge in [-0.15, -0.1) is 11.3 Å². The number of primary amides is 1. The van der Waals surface area contributed by atoms with Crippen LogP contribution in [0.4, 0.5) is 8.78 Å². The van der Waals surface area contributed by atoms with Crippen molar-refractivity contribution in [1.82, 2.24) is 4.90 Å². The van der Waals surface area contributed by atoms with Gasteiger partial charge in [0, 0.05) is 17.8 Å². The number of thiocarbonyl (C=S) groups is 1. The fourth-order valence-electron chi connectivity index (χ4n) is 2.30. The van der Waals surface area contributed by atoms with E-state index in [9.17, 15) is 18.4 Å². The summed E-state index contributed by atoms with van der Waals surface area (Å²) in [5, 5.41) is 1.80. The van der Waals surface area contributed by atoms with Crippen molar-refractivity contribution in [2.75, 3.05) is 6.54 Å². The first kappa shape index (κ1) is 18.7. The molecule has 2 heterocycles. The molecule has 1 saturated heterocycles. The van der Waals surface area contributed by atoms with Crippen molar-refractivity contribution < 1.29 is 18.4 Å². The van der Waals surface area contributed by atoms with Gasteiger partial charge in [-0.2, -0.15) is 0 Å². The molecule has 1 aliphatic heterocycles. The minimum Gasteiger partial charge on any atom is -0.370 e. The number of rotatable bonds is 5. The largest absolute Gasteiger partial charge is 0.370 e. The maximum absolute atomic E-state index is 13.4. The lowest BCUT2D eigenvalue weighted by Gasteiger charge is -2.12. The predicted molar refractivity (Wildman–Crippen MR) is 103 cm³/mol. The Balaban J connectivity index is 1.79. The average Bonchev–Trinajstić information content (AvgIpc) is 3.14. The zero-order valence-corrected chi connectivity index (χ0v) is 15.6. The second-order valence-corrected chi connectivity index (χ2v) is 8.03. The minimum atomic E-state index is -0.912. The van der Waals surface area contributed by atoms with Crippen LogP contribution >= 0.6 is 35.3 Å². The Morgan fingerprint density at radius 1 is 1.23 bits per heavy atom. The highest BCUT2D eigenvalue weighted by Gasteiger charge is 2.32. The van der Waals surface area contributed by atoms with Crippen LogP contribution < -0.4 is 5.73 Å². The highest BCUT2D eigenvalue weighted by molar-refractivity contribution is 8.26. The zero-order valence-electron chi connectivity index (χ0n) is 13.2. The summed E-state index contributed by atoms with van der Waals surface area (Å²) in [6.45, 7) is 0.155. The molecule has 2 amide bonds. The van der Waals surface area contributed by atoms with E-state index in [2.05, 4.69) is 0 Å². The monoisotopic (exact) mass is 410 g/mol. The van der Waals surface area contributed by atoms with E-state index in [-0.39, 0.29) is 18.9 Å². The molecule has 26 heavy (non-hydrogen) atoms. The van der Waals surface area contributed by atoms with Crippen LogP contribution in [0.2, 0.25) is 0 Å². The predicted octanol–water partition coefficient (Wildman–Crippen LogP) is 3.77. The number of hydrogen-bond acceptors (Lipinski definition) is 5. The molecule has 2 N–H and O–H groups in total. The number of thiophene rings is 1. The minimum absolute atomic E-state index is 0.0407. The number of nitrogens with two attached hydrogens (primary N) is 1. The quantitative estimate of drug-likeness (QED) is 0.602. The number of halogens is 2. The summed E-state index contributed by atoms with van der Waals surface area (Å²) < 4.78 is 26.8. The van der Waals surface area contributed by atoms with Gasteiger partial charge in [0.05, 0.1) is 4.91 Å². The third kappa shape index (κ3) is 4.00. The zero-order chi connectivity index (χ0) is 18.8. The molecular weight excluding hydrogens is 398 g/mol. The highest BCUT2D eigenvalue weighted by atomic mass is 32.2. The van der Waals surface area contributed by atoms with Crippen molar-refractivity contribution in [2.24, 2.45) is 5.73 Å². The van der Waals surface area contributed by atoms with Gasteiger partial charge in [-0.25, -0.2) is 8.78 Å². The standard InChI is InChI=1S/C17H12F2N2O2S3/c18-12-2-1-9(6-13(12)19)10-5-11(25-8-10)7-14-16(23)21(17(24)26-14)4-3-15(20)22/h1-2,5-8H,3-4H2,(H2,20,22). The summed E-state index contributed by atoms with van der Waals surface area (Å²) in [6.07, 6.45) is 1.73. The number of carbonyl (C=O) groups excluding carboxylic acids is 2. The lowest BCUT2D eigenvalue weighted by atomic mass is 10.1. The molecule has 0 aliphatic carbocycles. The van der Waals surface area contributed by atoms with E-state index in [1.807, 2.05) is 0 Å². The van der Waals surface area contributed by atoms with Gasteiger partial charge in [0.15, 0.2) is 11.6 Å². The molecule has 134 valence electrons. The second-order valence-electron chi connectivity index (χ2n) is 5.42. The maximum Gasteiger partial charge on any atom is 0.266 e. The number of thioether (sulfide) groups is 1. The Bertz CT molecular complexity index is 940. The van der Waals surface area contributed by atoms with Crippen LogP contribution in [0.5, 0.6) is 0 Å². The Hall–Kier alpha value is -2.10. The fraction of sp³-hybridized carbons (Fsp3) is 0.118. The van der Waals surface area contributed by atoms with E-state index >= 15 is 0 Å². The maximum atomic E-state index is 13.4.